The largest absolute Gasteiger partial charge is 0.505 e. The van der Waals surface area contributed by atoms with Gasteiger partial charge in [-0.25, -0.2) is 9.37 Å². The van der Waals surface area contributed by atoms with Crippen molar-refractivity contribution in [2.24, 2.45) is 5.92 Å². The molecule has 31 heavy (non-hydrogen) atoms. The van der Waals surface area contributed by atoms with Gasteiger partial charge in [-0.2, -0.15) is 0 Å². The van der Waals surface area contributed by atoms with Crippen molar-refractivity contribution < 1.29 is 19.0 Å². The summed E-state index contributed by atoms with van der Waals surface area (Å²) in [6.07, 6.45) is 8.69. The highest BCUT2D eigenvalue weighted by Crippen LogP contribution is 2.31. The molecule has 0 aliphatic carbocycles. The number of hydrogen-bond donors (Lipinski definition) is 1. The fraction of sp³-hybridized carbons (Fsp3) is 0.304. The summed E-state index contributed by atoms with van der Waals surface area (Å²) in [5.74, 6) is -0.148. The van der Waals surface area contributed by atoms with E-state index in [0.29, 0.717) is 31.0 Å². The van der Waals surface area contributed by atoms with Crippen molar-refractivity contribution >= 4 is 11.4 Å². The Morgan fingerprint density at radius 3 is 2.87 bits per heavy atom. The first kappa shape index (κ1) is 20.9. The third-order valence-electron chi connectivity index (χ3n) is 5.24. The van der Waals surface area contributed by atoms with Crippen molar-refractivity contribution in [2.75, 3.05) is 40.3 Å². The number of likely N-dealkylation sites (N-methyl/N-ethyl adjacent to an activating group) is 1. The molecule has 4 rings (SSSR count). The molecule has 7 nitrogen and oxygen atoms in total. The monoisotopic (exact) mass is 424 g/mol. The fourth-order valence-corrected chi connectivity index (χ4v) is 3.49. The number of aromatic hydroxyl groups is 1. The minimum atomic E-state index is -0.676. The summed E-state index contributed by atoms with van der Waals surface area (Å²) in [6.45, 7) is 2.52. The first-order chi connectivity index (χ1) is 14.9. The van der Waals surface area contributed by atoms with E-state index in [1.807, 2.05) is 41.7 Å². The van der Waals surface area contributed by atoms with Crippen LogP contribution in [0.2, 0.25) is 0 Å². The van der Waals surface area contributed by atoms with Gasteiger partial charge in [0.15, 0.2) is 11.6 Å². The third-order valence-corrected chi connectivity index (χ3v) is 5.24. The number of ether oxygens (including phenoxy) is 1. The van der Waals surface area contributed by atoms with E-state index < -0.39 is 5.82 Å². The zero-order valence-electron chi connectivity index (χ0n) is 17.5. The number of pyridine rings is 1. The number of rotatable bonds is 7. The predicted octanol–water partition coefficient (Wildman–Crippen LogP) is 2.80. The number of carbonyl (C=O) groups excluding carboxylic acids is 1. The van der Waals surface area contributed by atoms with Gasteiger partial charge in [-0.3, -0.25) is 4.79 Å². The molecule has 1 aliphatic heterocycles. The molecule has 0 radical (unpaired) electrons. The summed E-state index contributed by atoms with van der Waals surface area (Å²) in [5, 5.41) is 9.45. The van der Waals surface area contributed by atoms with Crippen molar-refractivity contribution in [3.63, 3.8) is 0 Å². The summed E-state index contributed by atoms with van der Waals surface area (Å²) < 4.78 is 21.7. The summed E-state index contributed by atoms with van der Waals surface area (Å²) in [4.78, 5) is 20.1. The molecule has 3 heterocycles. The molecule has 0 unspecified atom stereocenters. The van der Waals surface area contributed by atoms with E-state index in [0.717, 1.165) is 17.6 Å². The molecule has 1 aliphatic rings. The minimum Gasteiger partial charge on any atom is -0.505 e. The average molecular weight is 424 g/mol. The Bertz CT molecular complexity index is 1120. The normalized spacial score (nSPS) is 14.5. The zero-order valence-corrected chi connectivity index (χ0v) is 17.5. The highest BCUT2D eigenvalue weighted by Gasteiger charge is 2.30. The van der Waals surface area contributed by atoms with E-state index in [-0.39, 0.29) is 17.6 Å². The maximum absolute atomic E-state index is 13.8. The number of aromatic nitrogens is 2. The van der Waals surface area contributed by atoms with E-state index in [4.69, 9.17) is 4.74 Å². The van der Waals surface area contributed by atoms with Crippen LogP contribution >= 0.6 is 0 Å². The second kappa shape index (κ2) is 8.77. The van der Waals surface area contributed by atoms with Gasteiger partial charge in [0.25, 0.3) is 0 Å². The SMILES string of the molecule is CN(C)C/C=C/C(=O)N1CC(COc2cc(-c3ccc(O)c(F)c3)cn3cncc23)C1. The smallest absolute Gasteiger partial charge is 0.246 e. The molecule has 1 N–H and O–H groups in total. The van der Waals surface area contributed by atoms with Crippen molar-refractivity contribution in [1.29, 1.82) is 0 Å². The van der Waals surface area contributed by atoms with Crippen LogP contribution in [0.3, 0.4) is 0 Å². The van der Waals surface area contributed by atoms with Crippen molar-refractivity contribution in [2.45, 2.75) is 0 Å². The number of halogens is 1. The molecular formula is C23H25FN4O3. The molecule has 0 atom stereocenters. The van der Waals surface area contributed by atoms with Crippen LogP contribution in [-0.2, 0) is 4.79 Å². The lowest BCUT2D eigenvalue weighted by Crippen LogP contribution is -2.51. The predicted molar refractivity (Wildman–Crippen MR) is 116 cm³/mol. The van der Waals surface area contributed by atoms with Gasteiger partial charge in [-0.05, 0) is 37.9 Å². The molecule has 1 amide bonds. The number of fused-ring (bicyclic) bond motifs is 1. The molecule has 8 heteroatoms. The van der Waals surface area contributed by atoms with E-state index in [1.54, 1.807) is 29.6 Å². The van der Waals surface area contributed by atoms with Gasteiger partial charge in [-0.15, -0.1) is 0 Å². The van der Waals surface area contributed by atoms with E-state index in [1.165, 1.54) is 12.1 Å². The van der Waals surface area contributed by atoms with Crippen LogP contribution in [-0.4, -0.2) is 70.5 Å². The summed E-state index contributed by atoms with van der Waals surface area (Å²) >= 11 is 0. The molecule has 1 aromatic carbocycles. The lowest BCUT2D eigenvalue weighted by molar-refractivity contribution is -0.132. The Hall–Kier alpha value is -3.39. The molecule has 0 saturated carbocycles. The van der Waals surface area contributed by atoms with E-state index in [2.05, 4.69) is 4.98 Å². The minimum absolute atomic E-state index is 0.0210. The standard InChI is InChI=1S/C23H25FN4O3/c1-26(2)7-3-4-23(30)27-11-16(12-27)14-31-22-9-18(13-28-15-25-10-20(22)28)17-5-6-21(29)19(24)8-17/h3-6,8-10,13,15-16,29H,7,11-12,14H2,1-2H3/b4-3+. The van der Waals surface area contributed by atoms with Crippen molar-refractivity contribution in [3.8, 4) is 22.6 Å². The quantitative estimate of drug-likeness (QED) is 0.591. The highest BCUT2D eigenvalue weighted by molar-refractivity contribution is 5.88. The van der Waals surface area contributed by atoms with Crippen LogP contribution in [0.1, 0.15) is 0 Å². The van der Waals surface area contributed by atoms with Gasteiger partial charge in [0, 0.05) is 43.4 Å². The Morgan fingerprint density at radius 2 is 2.13 bits per heavy atom. The van der Waals surface area contributed by atoms with Crippen LogP contribution in [0.5, 0.6) is 11.5 Å². The average Bonchev–Trinajstić information content (AvgIpc) is 3.17. The molecule has 2 aromatic heterocycles. The van der Waals surface area contributed by atoms with Gasteiger partial charge in [0.1, 0.15) is 11.3 Å². The Morgan fingerprint density at radius 1 is 1.32 bits per heavy atom. The summed E-state index contributed by atoms with van der Waals surface area (Å²) in [7, 11) is 3.91. The number of phenols is 1. The summed E-state index contributed by atoms with van der Waals surface area (Å²) in [5.41, 5.74) is 2.18. The number of likely N-dealkylation sites (tertiary alicyclic amines) is 1. The van der Waals surface area contributed by atoms with E-state index in [9.17, 15) is 14.3 Å². The van der Waals surface area contributed by atoms with Crippen LogP contribution < -0.4 is 4.74 Å². The topological polar surface area (TPSA) is 70.3 Å². The number of nitrogens with zero attached hydrogens (tertiary/aromatic N) is 4. The molecular weight excluding hydrogens is 399 g/mol. The molecule has 162 valence electrons. The Labute approximate surface area is 180 Å². The van der Waals surface area contributed by atoms with Gasteiger partial charge in [0.05, 0.1) is 19.1 Å². The van der Waals surface area contributed by atoms with E-state index >= 15 is 0 Å². The van der Waals surface area contributed by atoms with Gasteiger partial charge in [-0.1, -0.05) is 12.1 Å². The zero-order chi connectivity index (χ0) is 22.0. The number of phenolic OH excluding ortho intramolecular Hbond substituents is 1. The van der Waals surface area contributed by atoms with Crippen molar-refractivity contribution in [3.05, 3.63) is 61.0 Å². The Balaban J connectivity index is 1.41. The van der Waals surface area contributed by atoms with Crippen LogP contribution in [0.25, 0.3) is 16.6 Å². The molecule has 3 aromatic rings. The van der Waals surface area contributed by atoms with Gasteiger partial charge >= 0.3 is 0 Å². The lowest BCUT2D eigenvalue weighted by atomic mass is 10.0. The summed E-state index contributed by atoms with van der Waals surface area (Å²) in [6, 6.07) is 6.11. The second-order valence-electron chi connectivity index (χ2n) is 8.03. The number of amides is 1. The number of benzene rings is 1. The van der Waals surface area contributed by atoms with Gasteiger partial charge in [0.2, 0.25) is 5.91 Å². The second-order valence-corrected chi connectivity index (χ2v) is 8.03. The first-order valence-electron chi connectivity index (χ1n) is 10.1. The fourth-order valence-electron chi connectivity index (χ4n) is 3.49. The molecule has 1 saturated heterocycles. The molecule has 0 bridgehead atoms. The van der Waals surface area contributed by atoms with Crippen molar-refractivity contribution in [1.82, 2.24) is 19.2 Å². The first-order valence-corrected chi connectivity index (χ1v) is 10.1. The van der Waals surface area contributed by atoms with Crippen LogP contribution in [0.4, 0.5) is 4.39 Å². The Kier molecular flexibility index (Phi) is 5.90. The van der Waals surface area contributed by atoms with Crippen LogP contribution in [0.15, 0.2) is 55.1 Å². The number of imidazole rings is 1. The maximum atomic E-state index is 13.8. The highest BCUT2D eigenvalue weighted by atomic mass is 19.1. The number of carbonyl (C=O) groups is 1. The lowest BCUT2D eigenvalue weighted by Gasteiger charge is -2.38. The van der Waals surface area contributed by atoms with Crippen LogP contribution in [0, 0.1) is 11.7 Å². The molecule has 0 spiro atoms. The number of hydrogen-bond acceptors (Lipinski definition) is 5. The maximum Gasteiger partial charge on any atom is 0.246 e. The molecule has 1 fully saturated rings. The third kappa shape index (κ3) is 4.69. The van der Waals surface area contributed by atoms with Gasteiger partial charge < -0.3 is 24.0 Å².